The molecule has 0 radical (unpaired) electrons. The molecule has 1 aliphatic carbocycles. The van der Waals surface area contributed by atoms with Crippen LogP contribution in [0, 0.1) is 11.8 Å². The minimum Gasteiger partial charge on any atom is -0.471 e. The predicted molar refractivity (Wildman–Crippen MR) is 152 cm³/mol. The molecule has 0 N–H and O–H groups in total. The molecule has 262 valence electrons. The van der Waals surface area contributed by atoms with Gasteiger partial charge >= 0.3 is 41.8 Å². The summed E-state index contributed by atoms with van der Waals surface area (Å²) >= 11 is 0. The van der Waals surface area contributed by atoms with E-state index in [0.717, 1.165) is 34.0 Å². The molecule has 3 heterocycles. The zero-order chi connectivity index (χ0) is 35.5. The van der Waals surface area contributed by atoms with Crippen LogP contribution < -0.4 is 0 Å². The van der Waals surface area contributed by atoms with Crippen LogP contribution in [0.3, 0.4) is 0 Å². The van der Waals surface area contributed by atoms with Crippen LogP contribution in [0.4, 0.5) is 0 Å². The molecule has 1 saturated heterocycles. The van der Waals surface area contributed by atoms with E-state index >= 15 is 0 Å². The van der Waals surface area contributed by atoms with E-state index in [1.165, 1.54) is 33.1 Å². The topological polar surface area (TPSA) is 212 Å². The molecule has 10 atom stereocenters. The highest BCUT2D eigenvalue weighted by Gasteiger charge is 2.61. The normalized spacial score (nSPS) is 32.4. The molecule has 0 aromatic heterocycles. The summed E-state index contributed by atoms with van der Waals surface area (Å²) in [6.07, 6.45) is -4.39. The highest BCUT2D eigenvalue weighted by atomic mass is 16.8. The molecule has 4 rings (SSSR count). The number of esters is 7. The molecule has 1 unspecified atom stereocenters. The molecular weight excluding hydrogens is 644 g/mol. The first-order valence-electron chi connectivity index (χ1n) is 14.8. The van der Waals surface area contributed by atoms with Crippen molar-refractivity contribution in [2.75, 3.05) is 13.7 Å². The van der Waals surface area contributed by atoms with Crippen molar-refractivity contribution in [2.45, 2.75) is 90.2 Å². The molecule has 4 aliphatic rings. The second-order valence-electron chi connectivity index (χ2n) is 11.3. The molecule has 3 aliphatic heterocycles. The summed E-state index contributed by atoms with van der Waals surface area (Å²) < 4.78 is 55.6. The van der Waals surface area contributed by atoms with Crippen molar-refractivity contribution in [3.8, 4) is 0 Å². The number of ether oxygens (including phenoxy) is 10. The van der Waals surface area contributed by atoms with Crippen molar-refractivity contribution in [1.29, 1.82) is 0 Å². The standard InChI is InChI=1S/C31H36O17/c1-13(42-15(3)33)20-10-31(48-28(20)38)9-8-19-21(27(37)39-7)11-41-29(23(19)31)47-30-26(45-18(6)36)25(44-17(5)35)24(43-16(4)34)22(46-30)12-40-14(2)32/h8-11,13,19,22-26,29-30H,12H2,1-7H3/t13-,19+,22+,23+,24+,25-,26+,29+,30-,31?/m0/s1. The number of fused-ring (bicyclic) bond motifs is 2. The lowest BCUT2D eigenvalue weighted by molar-refractivity contribution is -0.347. The summed E-state index contributed by atoms with van der Waals surface area (Å²) in [5.74, 6) is -7.34. The van der Waals surface area contributed by atoms with Crippen LogP contribution in [-0.4, -0.2) is 104 Å². The second-order valence-corrected chi connectivity index (χ2v) is 11.3. The van der Waals surface area contributed by atoms with Crippen LogP contribution in [0.15, 0.2) is 35.6 Å². The van der Waals surface area contributed by atoms with Crippen molar-refractivity contribution in [2.24, 2.45) is 11.8 Å². The van der Waals surface area contributed by atoms with Crippen molar-refractivity contribution in [3.63, 3.8) is 0 Å². The molecular formula is C31H36O17. The number of hydrogen-bond acceptors (Lipinski definition) is 17. The van der Waals surface area contributed by atoms with Gasteiger partial charge in [-0.3, -0.25) is 24.0 Å². The van der Waals surface area contributed by atoms with Crippen LogP contribution in [0.25, 0.3) is 0 Å². The highest BCUT2D eigenvalue weighted by Crippen LogP contribution is 2.51. The van der Waals surface area contributed by atoms with E-state index in [9.17, 15) is 33.6 Å². The lowest BCUT2D eigenvalue weighted by Gasteiger charge is -2.46. The van der Waals surface area contributed by atoms with Gasteiger partial charge in [-0.15, -0.1) is 0 Å². The summed E-state index contributed by atoms with van der Waals surface area (Å²) in [5, 5.41) is 0. The summed E-state index contributed by atoms with van der Waals surface area (Å²) in [6.45, 7) is 6.49. The Morgan fingerprint density at radius 1 is 0.854 bits per heavy atom. The minimum absolute atomic E-state index is 0.00992. The molecule has 17 nitrogen and oxygen atoms in total. The van der Waals surface area contributed by atoms with Gasteiger partial charge in [0, 0.05) is 40.5 Å². The highest BCUT2D eigenvalue weighted by molar-refractivity contribution is 5.94. The maximum Gasteiger partial charge on any atom is 0.338 e. The molecule has 1 spiro atoms. The molecule has 0 aromatic rings. The fourth-order valence-electron chi connectivity index (χ4n) is 5.99. The Kier molecular flexibility index (Phi) is 10.9. The Bertz CT molecular complexity index is 1440. The van der Waals surface area contributed by atoms with Crippen LogP contribution >= 0.6 is 0 Å². The quantitative estimate of drug-likeness (QED) is 0.174. The van der Waals surface area contributed by atoms with Crippen LogP contribution in [-0.2, 0) is 80.9 Å². The molecule has 0 bridgehead atoms. The zero-order valence-electron chi connectivity index (χ0n) is 27.2. The van der Waals surface area contributed by atoms with E-state index in [1.807, 2.05) is 0 Å². The summed E-state index contributed by atoms with van der Waals surface area (Å²) in [7, 11) is 1.17. The number of allylic oxidation sites excluding steroid dienone is 1. The number of carbonyl (C=O) groups excluding carboxylic acids is 7. The molecule has 0 aromatic carbocycles. The maximum atomic E-state index is 13.1. The molecule has 0 saturated carbocycles. The Balaban J connectivity index is 1.78. The van der Waals surface area contributed by atoms with Gasteiger partial charge in [0.15, 0.2) is 23.9 Å². The smallest absolute Gasteiger partial charge is 0.338 e. The predicted octanol–water partition coefficient (Wildman–Crippen LogP) is 0.475. The van der Waals surface area contributed by atoms with Crippen LogP contribution in [0.2, 0.25) is 0 Å². The average Bonchev–Trinajstić information content (AvgIpc) is 3.53. The Morgan fingerprint density at radius 3 is 2.06 bits per heavy atom. The van der Waals surface area contributed by atoms with Gasteiger partial charge in [0.25, 0.3) is 0 Å². The fourth-order valence-corrected chi connectivity index (χ4v) is 5.99. The first-order chi connectivity index (χ1) is 22.6. The van der Waals surface area contributed by atoms with Gasteiger partial charge in [-0.25, -0.2) is 9.59 Å². The van der Waals surface area contributed by atoms with Crippen molar-refractivity contribution in [1.82, 2.24) is 0 Å². The van der Waals surface area contributed by atoms with Gasteiger partial charge in [-0.05, 0) is 19.1 Å². The van der Waals surface area contributed by atoms with Gasteiger partial charge in [0.2, 0.25) is 12.6 Å². The van der Waals surface area contributed by atoms with Gasteiger partial charge in [0.1, 0.15) is 18.8 Å². The molecule has 17 heteroatoms. The van der Waals surface area contributed by atoms with Crippen molar-refractivity contribution in [3.05, 3.63) is 35.6 Å². The Labute approximate surface area is 274 Å². The van der Waals surface area contributed by atoms with Gasteiger partial charge < -0.3 is 47.4 Å². The monoisotopic (exact) mass is 680 g/mol. The van der Waals surface area contributed by atoms with E-state index in [2.05, 4.69) is 0 Å². The van der Waals surface area contributed by atoms with E-state index in [1.54, 1.807) is 6.08 Å². The van der Waals surface area contributed by atoms with Gasteiger partial charge in [-0.2, -0.15) is 0 Å². The van der Waals surface area contributed by atoms with Crippen LogP contribution in [0.5, 0.6) is 0 Å². The molecule has 48 heavy (non-hydrogen) atoms. The van der Waals surface area contributed by atoms with Crippen molar-refractivity contribution < 1.29 is 80.9 Å². The lowest BCUT2D eigenvalue weighted by Crippen LogP contribution is -2.64. The first kappa shape index (κ1) is 36.1. The summed E-state index contributed by atoms with van der Waals surface area (Å²) in [6, 6.07) is 0. The second kappa shape index (κ2) is 14.6. The zero-order valence-corrected chi connectivity index (χ0v) is 27.2. The molecule has 1 fully saturated rings. The van der Waals surface area contributed by atoms with E-state index < -0.39 is 109 Å². The largest absolute Gasteiger partial charge is 0.471 e. The third-order valence-electron chi connectivity index (χ3n) is 7.76. The van der Waals surface area contributed by atoms with Crippen molar-refractivity contribution >= 4 is 41.8 Å². The number of carbonyl (C=O) groups is 7. The SMILES string of the molecule is COC(=O)C1=CO[C@H](O[C@@H]2O[C@H](COC(C)=O)[C@@H](OC(C)=O)[C@H](OC(C)=O)[C@H]2OC(C)=O)[C@H]2[C@@H]1C=CC21C=C([C@H](C)OC(C)=O)C(=O)O1. The Hall–Kier alpha value is -4.77. The average molecular weight is 681 g/mol. The minimum atomic E-state index is -1.66. The van der Waals surface area contributed by atoms with E-state index in [4.69, 9.17) is 47.4 Å². The fraction of sp³-hybridized carbons (Fsp3) is 0.581. The summed E-state index contributed by atoms with van der Waals surface area (Å²) in [4.78, 5) is 85.8. The maximum absolute atomic E-state index is 13.1. The van der Waals surface area contributed by atoms with E-state index in [0.29, 0.717) is 0 Å². The van der Waals surface area contributed by atoms with Gasteiger partial charge in [0.05, 0.1) is 30.4 Å². The summed E-state index contributed by atoms with van der Waals surface area (Å²) in [5.41, 5.74) is -1.55. The molecule has 0 amide bonds. The van der Waals surface area contributed by atoms with Gasteiger partial charge in [-0.1, -0.05) is 6.08 Å². The third-order valence-corrected chi connectivity index (χ3v) is 7.76. The number of rotatable bonds is 10. The number of hydrogen-bond donors (Lipinski definition) is 0. The number of methoxy groups -OCH3 is 1. The first-order valence-corrected chi connectivity index (χ1v) is 14.8. The Morgan fingerprint density at radius 2 is 1.48 bits per heavy atom. The lowest BCUT2D eigenvalue weighted by atomic mass is 9.78. The van der Waals surface area contributed by atoms with E-state index in [-0.39, 0.29) is 11.1 Å². The van der Waals surface area contributed by atoms with Crippen LogP contribution in [0.1, 0.15) is 41.5 Å². The third kappa shape index (κ3) is 7.68.